The lowest BCUT2D eigenvalue weighted by atomic mass is 9.88. The zero-order valence-electron chi connectivity index (χ0n) is 25.6. The number of carbonyl (C=O) groups excluding carboxylic acids is 3. The SMILES string of the molecule is COc1cccc(C(=O)NCCCCC(NC(=O)OCc2ccccc2)C(=O)NCCC(c2ccccc2)c2ccccc2)c1. The standard InChI is InChI=1S/C37H41N3O5/c1-44-32-21-13-20-31(26-32)35(41)38-24-12-11-22-34(40-37(43)45-27-28-14-5-2-6-15-28)36(42)39-25-23-33(29-16-7-3-8-17-29)30-18-9-4-10-19-30/h2-10,13-21,26,33-34H,11-12,22-25,27H2,1H3,(H,38,41)(H,39,42)(H,40,43). The fourth-order valence-corrected chi connectivity index (χ4v) is 5.08. The van der Waals surface area contributed by atoms with Gasteiger partial charge in [0.15, 0.2) is 0 Å². The molecule has 0 aliphatic rings. The van der Waals surface area contributed by atoms with Crippen molar-refractivity contribution in [3.05, 3.63) is 138 Å². The number of unbranched alkanes of at least 4 members (excludes halogenated alkanes) is 1. The number of ether oxygens (including phenoxy) is 2. The van der Waals surface area contributed by atoms with Gasteiger partial charge in [0.2, 0.25) is 5.91 Å². The van der Waals surface area contributed by atoms with E-state index < -0.39 is 12.1 Å². The molecule has 1 atom stereocenters. The van der Waals surface area contributed by atoms with Gasteiger partial charge < -0.3 is 25.4 Å². The molecule has 0 fully saturated rings. The first kappa shape index (κ1) is 32.8. The van der Waals surface area contributed by atoms with Crippen molar-refractivity contribution in [1.29, 1.82) is 0 Å². The monoisotopic (exact) mass is 607 g/mol. The van der Waals surface area contributed by atoms with Gasteiger partial charge in [-0.15, -0.1) is 0 Å². The zero-order chi connectivity index (χ0) is 31.7. The molecule has 0 saturated heterocycles. The minimum atomic E-state index is -0.783. The van der Waals surface area contributed by atoms with Crippen LogP contribution < -0.4 is 20.7 Å². The largest absolute Gasteiger partial charge is 0.497 e. The number of benzene rings is 4. The summed E-state index contributed by atoms with van der Waals surface area (Å²) in [6, 6.07) is 36.0. The van der Waals surface area contributed by atoms with Crippen LogP contribution in [0.5, 0.6) is 5.75 Å². The molecule has 3 amide bonds. The molecule has 0 aromatic heterocycles. The lowest BCUT2D eigenvalue weighted by Gasteiger charge is -2.21. The van der Waals surface area contributed by atoms with E-state index in [1.165, 1.54) is 11.1 Å². The Hall–Kier alpha value is -5.11. The van der Waals surface area contributed by atoms with Crippen LogP contribution in [0.4, 0.5) is 4.79 Å². The summed E-state index contributed by atoms with van der Waals surface area (Å²) in [5.74, 6) is 0.257. The lowest BCUT2D eigenvalue weighted by Crippen LogP contribution is -2.47. The molecular weight excluding hydrogens is 566 g/mol. The molecule has 4 rings (SSSR count). The average molecular weight is 608 g/mol. The van der Waals surface area contributed by atoms with Crippen LogP contribution in [0.2, 0.25) is 0 Å². The van der Waals surface area contributed by atoms with Gasteiger partial charge in [0.25, 0.3) is 5.91 Å². The summed E-state index contributed by atoms with van der Waals surface area (Å²) in [5, 5.41) is 8.69. The van der Waals surface area contributed by atoms with E-state index in [0.29, 0.717) is 50.1 Å². The second kappa shape index (κ2) is 17.9. The fraction of sp³-hybridized carbons (Fsp3) is 0.270. The second-order valence-electron chi connectivity index (χ2n) is 10.7. The first-order valence-electron chi connectivity index (χ1n) is 15.3. The molecule has 0 heterocycles. The van der Waals surface area contributed by atoms with Crippen LogP contribution in [0, 0.1) is 0 Å². The number of hydrogen-bond donors (Lipinski definition) is 3. The van der Waals surface area contributed by atoms with Crippen molar-refractivity contribution >= 4 is 17.9 Å². The van der Waals surface area contributed by atoms with Crippen molar-refractivity contribution in [3.63, 3.8) is 0 Å². The normalized spacial score (nSPS) is 11.3. The number of methoxy groups -OCH3 is 1. The molecule has 0 spiro atoms. The molecular formula is C37H41N3O5. The van der Waals surface area contributed by atoms with Gasteiger partial charge in [-0.1, -0.05) is 97.1 Å². The molecule has 1 unspecified atom stereocenters. The topological polar surface area (TPSA) is 106 Å². The number of carbonyl (C=O) groups is 3. The van der Waals surface area contributed by atoms with Crippen molar-refractivity contribution in [3.8, 4) is 5.75 Å². The minimum Gasteiger partial charge on any atom is -0.497 e. The van der Waals surface area contributed by atoms with Crippen LogP contribution in [0.25, 0.3) is 0 Å². The van der Waals surface area contributed by atoms with Crippen molar-refractivity contribution in [2.75, 3.05) is 20.2 Å². The van der Waals surface area contributed by atoms with Gasteiger partial charge in [-0.05, 0) is 60.6 Å². The van der Waals surface area contributed by atoms with E-state index in [1.54, 1.807) is 31.4 Å². The van der Waals surface area contributed by atoms with Crippen LogP contribution in [0.1, 0.15) is 58.6 Å². The number of rotatable bonds is 16. The Kier molecular flexibility index (Phi) is 13.0. The van der Waals surface area contributed by atoms with Crippen molar-refractivity contribution < 1.29 is 23.9 Å². The van der Waals surface area contributed by atoms with Gasteiger partial charge in [-0.3, -0.25) is 9.59 Å². The Morgan fingerprint density at radius 2 is 1.33 bits per heavy atom. The maximum absolute atomic E-state index is 13.4. The van der Waals surface area contributed by atoms with E-state index in [-0.39, 0.29) is 24.3 Å². The maximum Gasteiger partial charge on any atom is 0.408 e. The first-order valence-corrected chi connectivity index (χ1v) is 15.3. The first-order chi connectivity index (χ1) is 22.0. The summed E-state index contributed by atoms with van der Waals surface area (Å²) in [5.41, 5.74) is 3.72. The molecule has 8 heteroatoms. The summed E-state index contributed by atoms with van der Waals surface area (Å²) >= 11 is 0. The summed E-state index contributed by atoms with van der Waals surface area (Å²) in [6.45, 7) is 0.965. The number of hydrogen-bond acceptors (Lipinski definition) is 5. The highest BCUT2D eigenvalue weighted by Crippen LogP contribution is 2.27. The fourth-order valence-electron chi connectivity index (χ4n) is 5.08. The van der Waals surface area contributed by atoms with E-state index in [0.717, 1.165) is 5.56 Å². The van der Waals surface area contributed by atoms with Gasteiger partial charge in [-0.25, -0.2) is 4.79 Å². The Bertz CT molecular complexity index is 1440. The average Bonchev–Trinajstić information content (AvgIpc) is 3.09. The lowest BCUT2D eigenvalue weighted by molar-refractivity contribution is -0.123. The highest BCUT2D eigenvalue weighted by atomic mass is 16.5. The molecule has 8 nitrogen and oxygen atoms in total. The van der Waals surface area contributed by atoms with E-state index >= 15 is 0 Å². The molecule has 0 radical (unpaired) electrons. The highest BCUT2D eigenvalue weighted by molar-refractivity contribution is 5.94. The summed E-state index contributed by atoms with van der Waals surface area (Å²) in [4.78, 5) is 38.6. The van der Waals surface area contributed by atoms with Crippen LogP contribution in [0.3, 0.4) is 0 Å². The Morgan fingerprint density at radius 1 is 0.689 bits per heavy atom. The van der Waals surface area contributed by atoms with Crippen LogP contribution in [-0.2, 0) is 16.1 Å². The third-order valence-corrected chi connectivity index (χ3v) is 7.49. The summed E-state index contributed by atoms with van der Waals surface area (Å²) < 4.78 is 10.6. The molecule has 4 aromatic rings. The van der Waals surface area contributed by atoms with Crippen LogP contribution in [0.15, 0.2) is 115 Å². The Balaban J connectivity index is 1.31. The van der Waals surface area contributed by atoms with Gasteiger partial charge in [-0.2, -0.15) is 0 Å². The minimum absolute atomic E-state index is 0.104. The molecule has 45 heavy (non-hydrogen) atoms. The number of alkyl carbamates (subject to hydrolysis) is 1. The van der Waals surface area contributed by atoms with Crippen LogP contribution >= 0.6 is 0 Å². The van der Waals surface area contributed by atoms with E-state index in [4.69, 9.17) is 9.47 Å². The van der Waals surface area contributed by atoms with Gasteiger partial charge in [0, 0.05) is 24.6 Å². The van der Waals surface area contributed by atoms with Crippen LogP contribution in [-0.4, -0.2) is 44.1 Å². The number of nitrogens with one attached hydrogen (secondary N) is 3. The molecule has 234 valence electrons. The molecule has 0 aliphatic heterocycles. The quantitative estimate of drug-likeness (QED) is 0.131. The molecule has 4 aromatic carbocycles. The van der Waals surface area contributed by atoms with Gasteiger partial charge in [0.05, 0.1) is 7.11 Å². The molecule has 0 aliphatic carbocycles. The zero-order valence-corrected chi connectivity index (χ0v) is 25.6. The predicted molar refractivity (Wildman–Crippen MR) is 175 cm³/mol. The van der Waals surface area contributed by atoms with Crippen molar-refractivity contribution in [2.24, 2.45) is 0 Å². The van der Waals surface area contributed by atoms with Gasteiger partial charge in [0.1, 0.15) is 18.4 Å². The van der Waals surface area contributed by atoms with Gasteiger partial charge >= 0.3 is 6.09 Å². The molecule has 0 saturated carbocycles. The maximum atomic E-state index is 13.4. The van der Waals surface area contributed by atoms with Crippen molar-refractivity contribution in [2.45, 2.75) is 44.2 Å². The smallest absolute Gasteiger partial charge is 0.408 e. The summed E-state index contributed by atoms with van der Waals surface area (Å²) in [7, 11) is 1.56. The third-order valence-electron chi connectivity index (χ3n) is 7.49. The summed E-state index contributed by atoms with van der Waals surface area (Å²) in [6.07, 6.45) is 1.66. The predicted octanol–water partition coefficient (Wildman–Crippen LogP) is 6.23. The number of amides is 3. The molecule has 3 N–H and O–H groups in total. The third kappa shape index (κ3) is 10.8. The van der Waals surface area contributed by atoms with E-state index in [1.807, 2.05) is 66.7 Å². The van der Waals surface area contributed by atoms with E-state index in [2.05, 4.69) is 40.2 Å². The molecule has 0 bridgehead atoms. The second-order valence-corrected chi connectivity index (χ2v) is 10.7. The van der Waals surface area contributed by atoms with Crippen molar-refractivity contribution in [1.82, 2.24) is 16.0 Å². The highest BCUT2D eigenvalue weighted by Gasteiger charge is 2.22. The van der Waals surface area contributed by atoms with E-state index in [9.17, 15) is 14.4 Å². The Labute approximate surface area is 265 Å². The Morgan fingerprint density at radius 3 is 1.98 bits per heavy atom.